The Balaban J connectivity index is 2.11. The predicted molar refractivity (Wildman–Crippen MR) is 82.4 cm³/mol. The molecule has 0 aliphatic heterocycles. The van der Waals surface area contributed by atoms with Crippen molar-refractivity contribution in [1.29, 1.82) is 0 Å². The molecule has 0 atom stereocenters. The van der Waals surface area contributed by atoms with Gasteiger partial charge >= 0.3 is 0 Å². The minimum atomic E-state index is -0.590. The molecule has 0 aliphatic carbocycles. The highest BCUT2D eigenvalue weighted by Crippen LogP contribution is 2.15. The molecule has 0 radical (unpaired) electrons. The van der Waals surface area contributed by atoms with E-state index in [2.05, 4.69) is 6.92 Å². The number of halogens is 1. The van der Waals surface area contributed by atoms with Crippen molar-refractivity contribution in [2.75, 3.05) is 12.8 Å². The number of benzene rings is 2. The lowest BCUT2D eigenvalue weighted by atomic mass is 10.1. The summed E-state index contributed by atoms with van der Waals surface area (Å²) in [5.41, 5.74) is 8.10. The van der Waals surface area contributed by atoms with Gasteiger partial charge in [0.1, 0.15) is 5.82 Å². The summed E-state index contributed by atoms with van der Waals surface area (Å²) in [6, 6.07) is 12.2. The van der Waals surface area contributed by atoms with Crippen LogP contribution in [0.15, 0.2) is 42.5 Å². The minimum absolute atomic E-state index is 0.0388. The van der Waals surface area contributed by atoms with Gasteiger partial charge in [0.25, 0.3) is 5.91 Å². The number of hydrogen-bond donors (Lipinski definition) is 1. The molecule has 0 aliphatic rings. The first-order valence-electron chi connectivity index (χ1n) is 6.89. The quantitative estimate of drug-likeness (QED) is 0.877. The van der Waals surface area contributed by atoms with Crippen molar-refractivity contribution in [2.24, 2.45) is 0 Å². The lowest BCUT2D eigenvalue weighted by Gasteiger charge is -2.18. The number of amides is 1. The lowest BCUT2D eigenvalue weighted by Crippen LogP contribution is -2.27. The highest BCUT2D eigenvalue weighted by atomic mass is 19.1. The van der Waals surface area contributed by atoms with E-state index in [-0.39, 0.29) is 11.5 Å². The smallest absolute Gasteiger partial charge is 0.256 e. The SMILES string of the molecule is CCc1ccc(CN(C)C(=O)c2ccc(N)cc2F)cc1. The molecular weight excluding hydrogens is 267 g/mol. The van der Waals surface area contributed by atoms with Gasteiger partial charge < -0.3 is 10.6 Å². The third kappa shape index (κ3) is 3.60. The van der Waals surface area contributed by atoms with Crippen molar-refractivity contribution in [1.82, 2.24) is 4.90 Å². The van der Waals surface area contributed by atoms with Crippen LogP contribution in [0, 0.1) is 5.82 Å². The predicted octanol–water partition coefficient (Wildman–Crippen LogP) is 3.24. The summed E-state index contributed by atoms with van der Waals surface area (Å²) < 4.78 is 13.8. The van der Waals surface area contributed by atoms with Crippen LogP contribution in [0.25, 0.3) is 0 Å². The van der Waals surface area contributed by atoms with Gasteiger partial charge in [-0.3, -0.25) is 4.79 Å². The zero-order valence-electron chi connectivity index (χ0n) is 12.3. The van der Waals surface area contributed by atoms with E-state index in [0.717, 1.165) is 18.1 Å². The molecule has 2 N–H and O–H groups in total. The number of nitrogens with zero attached hydrogens (tertiary/aromatic N) is 1. The lowest BCUT2D eigenvalue weighted by molar-refractivity contribution is 0.0780. The van der Waals surface area contributed by atoms with Crippen LogP contribution in [-0.4, -0.2) is 17.9 Å². The molecule has 0 spiro atoms. The largest absolute Gasteiger partial charge is 0.399 e. The Kier molecular flexibility index (Phi) is 4.58. The molecule has 0 saturated heterocycles. The molecule has 4 heteroatoms. The van der Waals surface area contributed by atoms with Crippen molar-refractivity contribution in [3.8, 4) is 0 Å². The van der Waals surface area contributed by atoms with Crippen molar-refractivity contribution < 1.29 is 9.18 Å². The van der Waals surface area contributed by atoms with Gasteiger partial charge in [-0.2, -0.15) is 0 Å². The molecule has 0 fully saturated rings. The fourth-order valence-electron chi connectivity index (χ4n) is 2.14. The average molecular weight is 286 g/mol. The first-order valence-corrected chi connectivity index (χ1v) is 6.89. The molecule has 110 valence electrons. The van der Waals surface area contributed by atoms with Crippen LogP contribution in [0.4, 0.5) is 10.1 Å². The molecule has 21 heavy (non-hydrogen) atoms. The Bertz CT molecular complexity index is 638. The van der Waals surface area contributed by atoms with Gasteiger partial charge in [-0.05, 0) is 35.7 Å². The molecule has 2 aromatic carbocycles. The van der Waals surface area contributed by atoms with E-state index in [4.69, 9.17) is 5.73 Å². The van der Waals surface area contributed by atoms with Crippen molar-refractivity contribution in [2.45, 2.75) is 19.9 Å². The fourth-order valence-corrected chi connectivity index (χ4v) is 2.14. The molecular formula is C17H19FN2O. The first-order chi connectivity index (χ1) is 10.0. The number of nitrogen functional groups attached to an aromatic ring is 1. The molecule has 0 aromatic heterocycles. The maximum Gasteiger partial charge on any atom is 0.256 e. The number of hydrogen-bond acceptors (Lipinski definition) is 2. The topological polar surface area (TPSA) is 46.3 Å². The van der Waals surface area contributed by atoms with E-state index in [9.17, 15) is 9.18 Å². The van der Waals surface area contributed by atoms with Gasteiger partial charge in [-0.25, -0.2) is 4.39 Å². The monoisotopic (exact) mass is 286 g/mol. The second-order valence-electron chi connectivity index (χ2n) is 5.07. The van der Waals surface area contributed by atoms with Crippen LogP contribution < -0.4 is 5.73 Å². The van der Waals surface area contributed by atoms with Crippen LogP contribution in [0.1, 0.15) is 28.4 Å². The summed E-state index contributed by atoms with van der Waals surface area (Å²) >= 11 is 0. The molecule has 2 aromatic rings. The zero-order chi connectivity index (χ0) is 15.4. The summed E-state index contributed by atoms with van der Waals surface area (Å²) in [5.74, 6) is -0.944. The molecule has 0 saturated carbocycles. The first kappa shape index (κ1) is 15.0. The molecule has 0 bridgehead atoms. The van der Waals surface area contributed by atoms with E-state index in [1.54, 1.807) is 7.05 Å². The van der Waals surface area contributed by atoms with E-state index < -0.39 is 5.82 Å². The van der Waals surface area contributed by atoms with E-state index in [1.165, 1.54) is 22.6 Å². The normalized spacial score (nSPS) is 10.4. The number of nitrogens with two attached hydrogens (primary N) is 1. The summed E-state index contributed by atoms with van der Waals surface area (Å²) in [7, 11) is 1.66. The van der Waals surface area contributed by atoms with Crippen molar-refractivity contribution >= 4 is 11.6 Å². The standard InChI is InChI=1S/C17H19FN2O/c1-3-12-4-6-13(7-5-12)11-20(2)17(21)15-9-8-14(19)10-16(15)18/h4-10H,3,11,19H2,1-2H3. The number of carbonyl (C=O) groups excluding carboxylic acids is 1. The number of rotatable bonds is 4. The van der Waals surface area contributed by atoms with E-state index in [1.807, 2.05) is 24.3 Å². The maximum absolute atomic E-state index is 13.8. The third-order valence-corrected chi connectivity index (χ3v) is 3.42. The van der Waals surface area contributed by atoms with Gasteiger partial charge in [-0.15, -0.1) is 0 Å². The van der Waals surface area contributed by atoms with Crippen LogP contribution in [0.3, 0.4) is 0 Å². The second-order valence-corrected chi connectivity index (χ2v) is 5.07. The fraction of sp³-hybridized carbons (Fsp3) is 0.235. The molecule has 0 unspecified atom stereocenters. The van der Waals surface area contributed by atoms with Gasteiger partial charge in [-0.1, -0.05) is 31.2 Å². The number of aryl methyl sites for hydroxylation is 1. The summed E-state index contributed by atoms with van der Waals surface area (Å²) in [6.45, 7) is 2.53. The van der Waals surface area contributed by atoms with Crippen LogP contribution in [-0.2, 0) is 13.0 Å². The van der Waals surface area contributed by atoms with Gasteiger partial charge in [0, 0.05) is 19.3 Å². The van der Waals surface area contributed by atoms with Crippen LogP contribution in [0.5, 0.6) is 0 Å². The highest BCUT2D eigenvalue weighted by molar-refractivity contribution is 5.94. The van der Waals surface area contributed by atoms with E-state index in [0.29, 0.717) is 12.2 Å². The Morgan fingerprint density at radius 2 is 1.76 bits per heavy atom. The molecule has 0 heterocycles. The van der Waals surface area contributed by atoms with Gasteiger partial charge in [0.05, 0.1) is 5.56 Å². The Labute approximate surface area is 124 Å². The maximum atomic E-state index is 13.8. The zero-order valence-corrected chi connectivity index (χ0v) is 12.3. The van der Waals surface area contributed by atoms with Gasteiger partial charge in [0.2, 0.25) is 0 Å². The summed E-state index contributed by atoms with van der Waals surface area (Å²) in [5, 5.41) is 0. The van der Waals surface area contributed by atoms with Gasteiger partial charge in [0.15, 0.2) is 0 Å². The number of carbonyl (C=O) groups is 1. The Morgan fingerprint density at radius 3 is 2.33 bits per heavy atom. The summed E-state index contributed by atoms with van der Waals surface area (Å²) in [6.07, 6.45) is 0.978. The number of anilines is 1. The third-order valence-electron chi connectivity index (χ3n) is 3.42. The minimum Gasteiger partial charge on any atom is -0.399 e. The second kappa shape index (κ2) is 6.39. The van der Waals surface area contributed by atoms with Crippen LogP contribution >= 0.6 is 0 Å². The Hall–Kier alpha value is -2.36. The van der Waals surface area contributed by atoms with Crippen molar-refractivity contribution in [3.63, 3.8) is 0 Å². The molecule has 3 nitrogen and oxygen atoms in total. The highest BCUT2D eigenvalue weighted by Gasteiger charge is 2.16. The average Bonchev–Trinajstić information content (AvgIpc) is 2.47. The Morgan fingerprint density at radius 1 is 1.14 bits per heavy atom. The van der Waals surface area contributed by atoms with Crippen molar-refractivity contribution in [3.05, 3.63) is 65.0 Å². The summed E-state index contributed by atoms with van der Waals surface area (Å²) in [4.78, 5) is 13.7. The molecule has 1 amide bonds. The molecule has 2 rings (SSSR count). The van der Waals surface area contributed by atoms with E-state index >= 15 is 0 Å². The van der Waals surface area contributed by atoms with Crippen LogP contribution in [0.2, 0.25) is 0 Å².